The number of carbonyl (C=O) groups is 2. The number of nitrogens with one attached hydrogen (secondary N) is 2. The van der Waals surface area contributed by atoms with E-state index < -0.39 is 0 Å². The Morgan fingerprint density at radius 1 is 1.09 bits per heavy atom. The lowest BCUT2D eigenvalue weighted by molar-refractivity contribution is -0.115. The summed E-state index contributed by atoms with van der Waals surface area (Å²) in [6, 6.07) is 3.49. The fourth-order valence-electron chi connectivity index (χ4n) is 3.12. The van der Waals surface area contributed by atoms with Gasteiger partial charge in [0.2, 0.25) is 5.91 Å². The molecule has 2 aromatic rings. The van der Waals surface area contributed by atoms with Crippen molar-refractivity contribution in [1.29, 1.82) is 0 Å². The zero-order valence-electron chi connectivity index (χ0n) is 19.9. The number of pyridine rings is 2. The van der Waals surface area contributed by atoms with E-state index in [4.69, 9.17) is 5.73 Å². The molecule has 8 heteroatoms. The van der Waals surface area contributed by atoms with Crippen LogP contribution in [0.2, 0.25) is 0 Å². The minimum absolute atomic E-state index is 0.126. The number of aliphatic imine (C=N–C) groups is 1. The molecular weight excluding hydrogens is 416 g/mol. The van der Waals surface area contributed by atoms with Crippen LogP contribution in [-0.2, 0) is 4.79 Å². The van der Waals surface area contributed by atoms with E-state index in [1.807, 2.05) is 13.0 Å². The van der Waals surface area contributed by atoms with Crippen LogP contribution < -0.4 is 16.4 Å². The minimum Gasteiger partial charge on any atom is -0.404 e. The maximum Gasteiger partial charge on any atom is 0.257 e. The van der Waals surface area contributed by atoms with Gasteiger partial charge in [-0.25, -0.2) is 0 Å². The number of carbonyl (C=O) groups excluding carboxylic acids is 2. The Balaban J connectivity index is 2.36. The first-order chi connectivity index (χ1) is 15.8. The van der Waals surface area contributed by atoms with Gasteiger partial charge in [0.25, 0.3) is 5.91 Å². The molecule has 2 rings (SSSR count). The Labute approximate surface area is 195 Å². The zero-order valence-corrected chi connectivity index (χ0v) is 19.9. The first-order valence-corrected chi connectivity index (χ1v) is 10.9. The Hall–Kier alpha value is -3.81. The van der Waals surface area contributed by atoms with Crippen molar-refractivity contribution in [2.45, 2.75) is 47.0 Å². The molecule has 2 heterocycles. The Bertz CT molecular complexity index is 1100. The summed E-state index contributed by atoms with van der Waals surface area (Å²) in [5, 5.41) is 5.62. The number of rotatable bonds is 9. The van der Waals surface area contributed by atoms with Gasteiger partial charge < -0.3 is 16.4 Å². The van der Waals surface area contributed by atoms with Crippen LogP contribution in [0.1, 0.15) is 60.4 Å². The highest BCUT2D eigenvalue weighted by molar-refractivity contribution is 6.05. The van der Waals surface area contributed by atoms with Gasteiger partial charge in [-0.15, -0.1) is 0 Å². The number of aryl methyl sites for hydroxylation is 2. The smallest absolute Gasteiger partial charge is 0.257 e. The normalized spacial score (nSPS) is 12.2. The van der Waals surface area contributed by atoms with Gasteiger partial charge in [-0.2, -0.15) is 0 Å². The highest BCUT2D eigenvalue weighted by atomic mass is 16.2. The average molecular weight is 449 g/mol. The first kappa shape index (κ1) is 25.5. The largest absolute Gasteiger partial charge is 0.404 e. The molecule has 0 saturated heterocycles. The highest BCUT2D eigenvalue weighted by Crippen LogP contribution is 2.22. The van der Waals surface area contributed by atoms with E-state index in [0.717, 1.165) is 35.2 Å². The number of amides is 2. The molecule has 0 fully saturated rings. The molecule has 174 valence electrons. The van der Waals surface area contributed by atoms with Crippen molar-refractivity contribution in [2.24, 2.45) is 10.7 Å². The molecule has 0 unspecified atom stereocenters. The molecule has 2 amide bonds. The third-order valence-electron chi connectivity index (χ3n) is 5.00. The molecule has 4 N–H and O–H groups in total. The number of nitrogens with two attached hydrogens (primary N) is 1. The van der Waals surface area contributed by atoms with Crippen molar-refractivity contribution in [3.8, 4) is 0 Å². The topological polar surface area (TPSA) is 122 Å². The summed E-state index contributed by atoms with van der Waals surface area (Å²) in [6.07, 6.45) is 10.5. The molecular formula is C25H32N6O2. The van der Waals surface area contributed by atoms with Crippen molar-refractivity contribution in [3.63, 3.8) is 0 Å². The van der Waals surface area contributed by atoms with E-state index in [-0.39, 0.29) is 11.8 Å². The molecule has 0 aliphatic carbocycles. The maximum atomic E-state index is 13.0. The van der Waals surface area contributed by atoms with Gasteiger partial charge in [-0.1, -0.05) is 20.3 Å². The molecule has 0 atom stereocenters. The summed E-state index contributed by atoms with van der Waals surface area (Å²) < 4.78 is 0. The number of nitrogens with zero attached hydrogens (tertiary/aromatic N) is 3. The third kappa shape index (κ3) is 7.10. The molecule has 0 bridgehead atoms. The van der Waals surface area contributed by atoms with Crippen LogP contribution >= 0.6 is 0 Å². The van der Waals surface area contributed by atoms with Crippen molar-refractivity contribution in [3.05, 3.63) is 64.4 Å². The quantitative estimate of drug-likeness (QED) is 0.387. The standard InChI is InChI=1S/C25H32N6O2/c1-6-8-18(21(12-26)13-27-5)9-19-10-20(14-28-16(19)3)25(33)31-23-11-22(15-29-17(23)4)30-24(32)7-2/h9-15H,6-8,26H2,1-5H3,(H,30,32)(H,31,33)/b18-9+,21-12?,27-13?. The maximum absolute atomic E-state index is 13.0. The van der Waals surface area contributed by atoms with Gasteiger partial charge >= 0.3 is 0 Å². The van der Waals surface area contributed by atoms with Crippen LogP contribution in [0.15, 0.2) is 46.9 Å². The Morgan fingerprint density at radius 3 is 2.45 bits per heavy atom. The van der Waals surface area contributed by atoms with E-state index in [0.29, 0.717) is 29.1 Å². The van der Waals surface area contributed by atoms with Gasteiger partial charge in [-0.3, -0.25) is 24.5 Å². The number of hydrogen-bond acceptors (Lipinski definition) is 6. The number of hydrogen-bond donors (Lipinski definition) is 3. The molecule has 33 heavy (non-hydrogen) atoms. The average Bonchev–Trinajstić information content (AvgIpc) is 2.80. The van der Waals surface area contributed by atoms with Crippen LogP contribution in [0, 0.1) is 13.8 Å². The van der Waals surface area contributed by atoms with Crippen molar-refractivity contribution >= 4 is 35.5 Å². The van der Waals surface area contributed by atoms with Gasteiger partial charge in [0.15, 0.2) is 0 Å². The van der Waals surface area contributed by atoms with E-state index in [2.05, 4.69) is 32.5 Å². The number of allylic oxidation sites excluding steroid dienone is 2. The molecule has 0 aliphatic rings. The summed E-state index contributed by atoms with van der Waals surface area (Å²) in [7, 11) is 1.70. The summed E-state index contributed by atoms with van der Waals surface area (Å²) in [6.45, 7) is 7.54. The van der Waals surface area contributed by atoms with Crippen molar-refractivity contribution in [1.82, 2.24) is 9.97 Å². The second-order valence-corrected chi connectivity index (χ2v) is 7.54. The van der Waals surface area contributed by atoms with Crippen LogP contribution in [0.25, 0.3) is 6.08 Å². The molecule has 0 aliphatic heterocycles. The van der Waals surface area contributed by atoms with Crippen LogP contribution in [-0.4, -0.2) is 35.0 Å². The van der Waals surface area contributed by atoms with Crippen LogP contribution in [0.3, 0.4) is 0 Å². The summed E-state index contributed by atoms with van der Waals surface area (Å²) in [5.74, 6) is -0.443. The number of aromatic nitrogens is 2. The lowest BCUT2D eigenvalue weighted by Crippen LogP contribution is -2.15. The monoisotopic (exact) mass is 448 g/mol. The lowest BCUT2D eigenvalue weighted by atomic mass is 9.98. The molecule has 8 nitrogen and oxygen atoms in total. The minimum atomic E-state index is -0.317. The number of anilines is 2. The van der Waals surface area contributed by atoms with Gasteiger partial charge in [0.1, 0.15) is 0 Å². The second kappa shape index (κ2) is 12.3. The van der Waals surface area contributed by atoms with Gasteiger partial charge in [0.05, 0.1) is 28.8 Å². The Morgan fingerprint density at radius 2 is 1.82 bits per heavy atom. The summed E-state index contributed by atoms with van der Waals surface area (Å²) >= 11 is 0. The molecule has 0 spiro atoms. The molecule has 0 saturated carbocycles. The first-order valence-electron chi connectivity index (χ1n) is 10.9. The van der Waals surface area contributed by atoms with E-state index in [1.54, 1.807) is 51.6 Å². The molecule has 2 aromatic heterocycles. The lowest BCUT2D eigenvalue weighted by Gasteiger charge is -2.12. The van der Waals surface area contributed by atoms with Crippen LogP contribution in [0.4, 0.5) is 11.4 Å². The molecule has 0 aromatic carbocycles. The fraction of sp³-hybridized carbons (Fsp3) is 0.320. The van der Waals surface area contributed by atoms with E-state index in [1.165, 1.54) is 6.20 Å². The van der Waals surface area contributed by atoms with Gasteiger partial charge in [0, 0.05) is 43.3 Å². The van der Waals surface area contributed by atoms with Gasteiger partial charge in [-0.05, 0) is 49.6 Å². The summed E-state index contributed by atoms with van der Waals surface area (Å²) in [4.78, 5) is 37.4. The summed E-state index contributed by atoms with van der Waals surface area (Å²) in [5.41, 5.74) is 11.4. The van der Waals surface area contributed by atoms with E-state index >= 15 is 0 Å². The van der Waals surface area contributed by atoms with Crippen LogP contribution in [0.5, 0.6) is 0 Å². The zero-order chi connectivity index (χ0) is 24.4. The second-order valence-electron chi connectivity index (χ2n) is 7.54. The van der Waals surface area contributed by atoms with Crippen molar-refractivity contribution in [2.75, 3.05) is 17.7 Å². The SMILES string of the molecule is CCC/C(=C\c1cc(C(=O)Nc2cc(NC(=O)CC)cnc2C)cnc1C)C(C=NC)=CN. The predicted octanol–water partition coefficient (Wildman–Crippen LogP) is 4.42. The van der Waals surface area contributed by atoms with Crippen molar-refractivity contribution < 1.29 is 9.59 Å². The molecule has 0 radical (unpaired) electrons. The predicted molar refractivity (Wildman–Crippen MR) is 134 cm³/mol. The fourth-order valence-corrected chi connectivity index (χ4v) is 3.12. The highest BCUT2D eigenvalue weighted by Gasteiger charge is 2.13. The third-order valence-corrected chi connectivity index (χ3v) is 5.00. The van der Waals surface area contributed by atoms with E-state index in [9.17, 15) is 9.59 Å². The Kier molecular flexibility index (Phi) is 9.47.